The van der Waals surface area contributed by atoms with Gasteiger partial charge in [0.25, 0.3) is 0 Å². The van der Waals surface area contributed by atoms with Gasteiger partial charge in [-0.1, -0.05) is 35.4 Å². The first-order valence-electron chi connectivity index (χ1n) is 9.78. The van der Waals surface area contributed by atoms with E-state index in [0.717, 1.165) is 36.6 Å². The minimum Gasteiger partial charge on any atom is -0.482 e. The van der Waals surface area contributed by atoms with Crippen LogP contribution in [0.25, 0.3) is 17.0 Å². The van der Waals surface area contributed by atoms with Crippen LogP contribution in [0.3, 0.4) is 0 Å². The highest BCUT2D eigenvalue weighted by molar-refractivity contribution is 5.87. The number of rotatable bonds is 7. The van der Waals surface area contributed by atoms with Crippen LogP contribution in [-0.2, 0) is 0 Å². The van der Waals surface area contributed by atoms with Crippen molar-refractivity contribution in [2.45, 2.75) is 52.1 Å². The van der Waals surface area contributed by atoms with Gasteiger partial charge in [-0.15, -0.1) is 0 Å². The summed E-state index contributed by atoms with van der Waals surface area (Å²) in [5.41, 5.74) is 2.54. The van der Waals surface area contributed by atoms with Gasteiger partial charge in [-0.3, -0.25) is 0 Å². The molecule has 0 aliphatic carbocycles. The molecule has 1 N–H and O–H groups in total. The summed E-state index contributed by atoms with van der Waals surface area (Å²) < 4.78 is 11.7. The number of aliphatic hydroxyl groups is 1. The Bertz CT molecular complexity index is 993. The second-order valence-electron chi connectivity index (χ2n) is 7.71. The number of allylic oxidation sites excluding steroid dienone is 3. The van der Waals surface area contributed by atoms with Gasteiger partial charge >= 0.3 is 5.63 Å². The molecule has 0 spiro atoms. The summed E-state index contributed by atoms with van der Waals surface area (Å²) in [4.78, 5) is 12.2. The predicted molar refractivity (Wildman–Crippen MR) is 114 cm³/mol. The first-order chi connectivity index (χ1) is 13.4. The number of hydrogen-bond acceptors (Lipinski definition) is 4. The van der Waals surface area contributed by atoms with Crippen LogP contribution in [0.5, 0.6) is 5.75 Å². The van der Waals surface area contributed by atoms with E-state index in [1.807, 2.05) is 44.2 Å². The number of ether oxygens (including phenoxy) is 1. The van der Waals surface area contributed by atoms with Crippen LogP contribution in [-0.4, -0.2) is 17.3 Å². The third-order valence-corrected chi connectivity index (χ3v) is 5.15. The van der Waals surface area contributed by atoms with E-state index in [4.69, 9.17) is 14.3 Å². The highest BCUT2D eigenvalue weighted by Crippen LogP contribution is 2.37. The van der Waals surface area contributed by atoms with Crippen molar-refractivity contribution in [2.24, 2.45) is 0 Å². The van der Waals surface area contributed by atoms with Crippen molar-refractivity contribution in [1.82, 2.24) is 0 Å². The van der Waals surface area contributed by atoms with Crippen LogP contribution < -0.4 is 10.4 Å². The molecule has 148 valence electrons. The summed E-state index contributed by atoms with van der Waals surface area (Å²) in [5, 5.41) is 9.86. The van der Waals surface area contributed by atoms with Crippen LogP contribution in [0.4, 0.5) is 0 Å². The average molecular weight is 380 g/mol. The monoisotopic (exact) mass is 380 g/mol. The number of aliphatic hydroxyl groups excluding tert-OH is 1. The van der Waals surface area contributed by atoms with Gasteiger partial charge in [-0.2, -0.15) is 0 Å². The zero-order valence-corrected chi connectivity index (χ0v) is 16.8. The molecule has 1 aliphatic heterocycles. The molecule has 28 heavy (non-hydrogen) atoms. The van der Waals surface area contributed by atoms with Gasteiger partial charge in [0.1, 0.15) is 22.5 Å². The topological polar surface area (TPSA) is 59.7 Å². The van der Waals surface area contributed by atoms with Crippen molar-refractivity contribution < 1.29 is 14.3 Å². The van der Waals surface area contributed by atoms with Gasteiger partial charge in [0, 0.05) is 0 Å². The summed E-state index contributed by atoms with van der Waals surface area (Å²) in [6.07, 6.45) is 11.8. The molecule has 4 heteroatoms. The van der Waals surface area contributed by atoms with Crippen molar-refractivity contribution in [2.75, 3.05) is 6.61 Å². The highest BCUT2D eigenvalue weighted by atomic mass is 16.5. The second-order valence-corrected chi connectivity index (χ2v) is 7.71. The molecule has 1 unspecified atom stereocenters. The van der Waals surface area contributed by atoms with Gasteiger partial charge in [-0.25, -0.2) is 4.79 Å². The van der Waals surface area contributed by atoms with Crippen LogP contribution in [0.15, 0.2) is 62.9 Å². The molecule has 0 saturated carbocycles. The van der Waals surface area contributed by atoms with E-state index in [1.54, 1.807) is 6.07 Å². The number of para-hydroxylation sites is 1. The van der Waals surface area contributed by atoms with Crippen LogP contribution in [0.1, 0.15) is 52.0 Å². The van der Waals surface area contributed by atoms with Crippen molar-refractivity contribution in [3.63, 3.8) is 0 Å². The molecule has 1 aliphatic rings. The van der Waals surface area contributed by atoms with Crippen molar-refractivity contribution in [3.8, 4) is 5.75 Å². The Morgan fingerprint density at radius 1 is 1.14 bits per heavy atom. The Kier molecular flexibility index (Phi) is 6.20. The molecule has 0 fully saturated rings. The van der Waals surface area contributed by atoms with Crippen LogP contribution in [0, 0.1) is 0 Å². The summed E-state index contributed by atoms with van der Waals surface area (Å²) in [6, 6.07) is 7.47. The molecule has 1 aromatic carbocycles. The Hall–Kier alpha value is -2.59. The highest BCUT2D eigenvalue weighted by Gasteiger charge is 2.29. The number of benzene rings is 1. The van der Waals surface area contributed by atoms with E-state index in [2.05, 4.69) is 19.1 Å². The van der Waals surface area contributed by atoms with Gasteiger partial charge in [0.05, 0.1) is 12.0 Å². The molecule has 1 atom stereocenters. The van der Waals surface area contributed by atoms with E-state index >= 15 is 0 Å². The minimum atomic E-state index is -0.465. The summed E-state index contributed by atoms with van der Waals surface area (Å²) in [7, 11) is 0. The van der Waals surface area contributed by atoms with E-state index in [1.165, 1.54) is 5.57 Å². The van der Waals surface area contributed by atoms with Crippen molar-refractivity contribution >= 4 is 17.0 Å². The minimum absolute atomic E-state index is 0.124. The average Bonchev–Trinajstić information content (AvgIpc) is 2.67. The molecule has 0 radical (unpaired) electrons. The molecule has 2 aromatic rings. The Morgan fingerprint density at radius 3 is 2.68 bits per heavy atom. The fourth-order valence-electron chi connectivity index (χ4n) is 3.37. The normalized spacial score (nSPS) is 19.6. The molecular formula is C24H28O4. The Morgan fingerprint density at radius 2 is 1.89 bits per heavy atom. The molecule has 0 saturated heterocycles. The molecule has 1 aromatic heterocycles. The van der Waals surface area contributed by atoms with Crippen molar-refractivity contribution in [3.05, 3.63) is 69.6 Å². The van der Waals surface area contributed by atoms with E-state index in [0.29, 0.717) is 16.9 Å². The van der Waals surface area contributed by atoms with Gasteiger partial charge < -0.3 is 14.3 Å². The zero-order valence-electron chi connectivity index (χ0n) is 16.8. The third-order valence-electron chi connectivity index (χ3n) is 5.15. The summed E-state index contributed by atoms with van der Waals surface area (Å²) in [6.45, 7) is 6.25. The van der Waals surface area contributed by atoms with Gasteiger partial charge in [0.15, 0.2) is 0 Å². The summed E-state index contributed by atoms with van der Waals surface area (Å²) in [5.74, 6) is 0.613. The predicted octanol–water partition coefficient (Wildman–Crippen LogP) is 5.40. The lowest BCUT2D eigenvalue weighted by Crippen LogP contribution is -2.33. The number of hydrogen-bond donors (Lipinski definition) is 1. The van der Waals surface area contributed by atoms with E-state index < -0.39 is 5.60 Å². The van der Waals surface area contributed by atoms with Crippen LogP contribution in [0.2, 0.25) is 0 Å². The molecule has 2 heterocycles. The molecule has 3 rings (SSSR count). The zero-order chi connectivity index (χ0) is 20.1. The maximum absolute atomic E-state index is 12.2. The fourth-order valence-corrected chi connectivity index (χ4v) is 3.37. The molecule has 4 nitrogen and oxygen atoms in total. The Labute approximate surface area is 165 Å². The molecule has 0 bridgehead atoms. The smallest absolute Gasteiger partial charge is 0.347 e. The maximum atomic E-state index is 12.2. The van der Waals surface area contributed by atoms with Gasteiger partial charge in [0.2, 0.25) is 0 Å². The number of fused-ring (bicyclic) bond motifs is 3. The largest absolute Gasteiger partial charge is 0.482 e. The SMILES string of the molecule is C/C(=C\CC/C(C)=C/CCC1(C)C=Cc2c(c3ccccc3oc2=O)O1)CO. The van der Waals surface area contributed by atoms with Crippen molar-refractivity contribution in [1.29, 1.82) is 0 Å². The fraction of sp³-hybridized carbons (Fsp3) is 0.375. The first-order valence-corrected chi connectivity index (χ1v) is 9.78. The van der Waals surface area contributed by atoms with Gasteiger partial charge in [-0.05, 0) is 70.7 Å². The Balaban J connectivity index is 1.69. The lowest BCUT2D eigenvalue weighted by Gasteiger charge is -2.31. The first kappa shape index (κ1) is 20.2. The third kappa shape index (κ3) is 4.63. The van der Waals surface area contributed by atoms with E-state index in [-0.39, 0.29) is 12.2 Å². The summed E-state index contributed by atoms with van der Waals surface area (Å²) >= 11 is 0. The van der Waals surface area contributed by atoms with Crippen LogP contribution >= 0.6 is 0 Å². The molecule has 0 amide bonds. The quantitative estimate of drug-likeness (QED) is 0.516. The standard InChI is InChI=1S/C24H28O4/c1-17(8-6-9-18(2)16-25)10-7-14-24(3)15-13-20-22(28-24)19-11-4-5-12-21(19)27-23(20)26/h4-5,9-13,15,25H,6-8,14,16H2,1-3H3/b17-10+,18-9+. The maximum Gasteiger partial charge on any atom is 0.347 e. The molecular weight excluding hydrogens is 352 g/mol. The second kappa shape index (κ2) is 8.61. The lowest BCUT2D eigenvalue weighted by atomic mass is 9.94. The van der Waals surface area contributed by atoms with E-state index in [9.17, 15) is 4.79 Å². The lowest BCUT2D eigenvalue weighted by molar-refractivity contribution is 0.130.